The van der Waals surface area contributed by atoms with Crippen LogP contribution in [-0.4, -0.2) is 62.2 Å². The number of cyclic esters (lactones) is 1. The third-order valence-electron chi connectivity index (χ3n) is 6.27. The van der Waals surface area contributed by atoms with Crippen LogP contribution < -0.4 is 21.3 Å². The van der Waals surface area contributed by atoms with E-state index in [1.165, 1.54) is 12.1 Å². The van der Waals surface area contributed by atoms with E-state index in [1.807, 2.05) is 36.4 Å². The predicted molar refractivity (Wildman–Crippen MR) is 150 cm³/mol. The Kier molecular flexibility index (Phi) is 13.3. The van der Waals surface area contributed by atoms with Crippen LogP contribution in [0.5, 0.6) is 0 Å². The molecule has 1 heterocycles. The second kappa shape index (κ2) is 17.4. The number of alkyl carbamates (subject to hydrolysis) is 1. The largest absolute Gasteiger partial charge is 0.445 e. The summed E-state index contributed by atoms with van der Waals surface area (Å²) in [4.78, 5) is 50.5. The first-order valence-electron chi connectivity index (χ1n) is 13.7. The molecule has 220 valence electrons. The summed E-state index contributed by atoms with van der Waals surface area (Å²) in [5, 5.41) is 11.0. The van der Waals surface area contributed by atoms with Gasteiger partial charge in [0.05, 0.1) is 6.61 Å². The highest BCUT2D eigenvalue weighted by Crippen LogP contribution is 2.08. The smallest absolute Gasteiger partial charge is 0.408 e. The van der Waals surface area contributed by atoms with Gasteiger partial charge in [0.25, 0.3) is 0 Å². The van der Waals surface area contributed by atoms with E-state index < -0.39 is 24.1 Å². The van der Waals surface area contributed by atoms with Crippen LogP contribution in [0, 0.1) is 5.82 Å². The van der Waals surface area contributed by atoms with Gasteiger partial charge in [-0.1, -0.05) is 54.6 Å². The lowest BCUT2D eigenvalue weighted by Gasteiger charge is -2.23. The standard InChI is InChI=1S/C30H37FN4O6/c31-24-14-12-23(13-15-24)20-40-21-27(36)32-16-7-5-11-25-29(38)34-26(19-22-9-3-1-4-10-22)28(37)33-17-6-2-8-18-41-30(39)35-25/h1-4,8-10,12-15,25-26H,5-7,11,16-21H2,(H,32,36)(H,33,37)(H,34,38)(H,35,39)/b8-2+/t25-,26+/m0/s1. The summed E-state index contributed by atoms with van der Waals surface area (Å²) in [7, 11) is 0. The molecule has 4 N–H and O–H groups in total. The van der Waals surface area contributed by atoms with E-state index in [1.54, 1.807) is 18.2 Å². The second-order valence-electron chi connectivity index (χ2n) is 9.56. The number of benzene rings is 2. The molecule has 0 saturated carbocycles. The van der Waals surface area contributed by atoms with Gasteiger partial charge in [0.2, 0.25) is 17.7 Å². The van der Waals surface area contributed by atoms with Gasteiger partial charge in [-0.15, -0.1) is 0 Å². The highest BCUT2D eigenvalue weighted by molar-refractivity contribution is 5.91. The topological polar surface area (TPSA) is 135 Å². The molecule has 1 aliphatic rings. The minimum absolute atomic E-state index is 0.0417. The highest BCUT2D eigenvalue weighted by Gasteiger charge is 2.27. The maximum Gasteiger partial charge on any atom is 0.408 e. The average molecular weight is 569 g/mol. The van der Waals surface area contributed by atoms with Gasteiger partial charge in [0.1, 0.15) is 31.1 Å². The van der Waals surface area contributed by atoms with Gasteiger partial charge in [-0.25, -0.2) is 9.18 Å². The van der Waals surface area contributed by atoms with Crippen molar-refractivity contribution in [1.82, 2.24) is 21.3 Å². The molecule has 41 heavy (non-hydrogen) atoms. The molecule has 4 amide bonds. The Bertz CT molecular complexity index is 1160. The second-order valence-corrected chi connectivity index (χ2v) is 9.56. The fourth-order valence-electron chi connectivity index (χ4n) is 4.09. The zero-order valence-corrected chi connectivity index (χ0v) is 22.9. The number of carbonyl (C=O) groups is 4. The monoisotopic (exact) mass is 568 g/mol. The Labute approximate surface area is 239 Å². The molecule has 2 aromatic rings. The van der Waals surface area contributed by atoms with Crippen LogP contribution in [0.15, 0.2) is 66.7 Å². The van der Waals surface area contributed by atoms with E-state index >= 15 is 0 Å². The minimum atomic E-state index is -0.935. The predicted octanol–water partition coefficient (Wildman–Crippen LogP) is 2.53. The van der Waals surface area contributed by atoms with Crippen LogP contribution >= 0.6 is 0 Å². The number of hydrogen-bond acceptors (Lipinski definition) is 6. The molecule has 2 atom stereocenters. The summed E-state index contributed by atoms with van der Waals surface area (Å²) >= 11 is 0. The van der Waals surface area contributed by atoms with Crippen molar-refractivity contribution in [2.24, 2.45) is 0 Å². The van der Waals surface area contributed by atoms with Crippen molar-refractivity contribution in [2.75, 3.05) is 26.3 Å². The molecular weight excluding hydrogens is 531 g/mol. The quantitative estimate of drug-likeness (QED) is 0.243. The zero-order valence-electron chi connectivity index (χ0n) is 22.9. The van der Waals surface area contributed by atoms with Crippen LogP contribution in [0.3, 0.4) is 0 Å². The minimum Gasteiger partial charge on any atom is -0.445 e. The molecule has 11 heteroatoms. The summed E-state index contributed by atoms with van der Waals surface area (Å²) < 4.78 is 23.5. The van der Waals surface area contributed by atoms with E-state index in [0.717, 1.165) is 11.1 Å². The van der Waals surface area contributed by atoms with Crippen molar-refractivity contribution < 1.29 is 33.0 Å². The van der Waals surface area contributed by atoms with Crippen LogP contribution in [0.4, 0.5) is 9.18 Å². The molecule has 10 nitrogen and oxygen atoms in total. The molecule has 0 saturated heterocycles. The van der Waals surface area contributed by atoms with E-state index in [0.29, 0.717) is 38.8 Å². The molecule has 0 fully saturated rings. The third kappa shape index (κ3) is 12.2. The number of amides is 4. The molecule has 0 aromatic heterocycles. The number of hydrogen-bond donors (Lipinski definition) is 4. The molecular formula is C30H37FN4O6. The lowest BCUT2D eigenvalue weighted by molar-refractivity contribution is -0.130. The normalized spacial score (nSPS) is 19.1. The van der Waals surface area contributed by atoms with Crippen molar-refractivity contribution in [3.05, 3.63) is 83.7 Å². The lowest BCUT2D eigenvalue weighted by Crippen LogP contribution is -2.54. The van der Waals surface area contributed by atoms with Gasteiger partial charge in [0.15, 0.2) is 0 Å². The number of halogens is 1. The summed E-state index contributed by atoms with van der Waals surface area (Å²) in [5.41, 5.74) is 1.64. The Hall–Kier alpha value is -4.25. The van der Waals surface area contributed by atoms with Crippen molar-refractivity contribution in [3.8, 4) is 0 Å². The van der Waals surface area contributed by atoms with Crippen molar-refractivity contribution in [2.45, 2.75) is 50.8 Å². The van der Waals surface area contributed by atoms with E-state index in [2.05, 4.69) is 21.3 Å². The zero-order chi connectivity index (χ0) is 29.3. The summed E-state index contributed by atoms with van der Waals surface area (Å²) in [5.74, 6) is -1.44. The van der Waals surface area contributed by atoms with Crippen LogP contribution in [0.25, 0.3) is 0 Å². The van der Waals surface area contributed by atoms with Gasteiger partial charge in [-0.2, -0.15) is 0 Å². The molecule has 0 unspecified atom stereocenters. The highest BCUT2D eigenvalue weighted by atomic mass is 19.1. The maximum atomic E-state index is 13.2. The van der Waals surface area contributed by atoms with Crippen molar-refractivity contribution >= 4 is 23.8 Å². The SMILES string of the molecule is O=C(COCc1ccc(F)cc1)NCCCC[C@@H]1NC(=O)OC/C=C/CCNC(=O)[C@@H](Cc2ccccc2)NC1=O. The van der Waals surface area contributed by atoms with Crippen LogP contribution in [0.2, 0.25) is 0 Å². The fourth-order valence-corrected chi connectivity index (χ4v) is 4.09. The molecule has 2 aromatic carbocycles. The molecule has 0 spiro atoms. The first-order chi connectivity index (χ1) is 19.9. The van der Waals surface area contributed by atoms with Crippen molar-refractivity contribution in [3.63, 3.8) is 0 Å². The summed E-state index contributed by atoms with van der Waals surface area (Å²) in [6, 6.07) is 13.4. The molecule has 3 rings (SSSR count). The Morgan fingerprint density at radius 3 is 2.49 bits per heavy atom. The van der Waals surface area contributed by atoms with Crippen LogP contribution in [0.1, 0.15) is 36.8 Å². The van der Waals surface area contributed by atoms with Gasteiger partial charge in [-0.05, 0) is 48.9 Å². The Balaban J connectivity index is 1.49. The lowest BCUT2D eigenvalue weighted by atomic mass is 10.0. The maximum absolute atomic E-state index is 13.2. The van der Waals surface area contributed by atoms with Gasteiger partial charge < -0.3 is 30.7 Å². The van der Waals surface area contributed by atoms with Gasteiger partial charge in [-0.3, -0.25) is 14.4 Å². The van der Waals surface area contributed by atoms with E-state index in [-0.39, 0.29) is 43.9 Å². The Morgan fingerprint density at radius 1 is 0.927 bits per heavy atom. The van der Waals surface area contributed by atoms with E-state index in [9.17, 15) is 23.6 Å². The first-order valence-corrected chi connectivity index (χ1v) is 13.7. The molecule has 0 radical (unpaired) electrons. The molecule has 0 aliphatic carbocycles. The number of rotatable bonds is 11. The van der Waals surface area contributed by atoms with E-state index in [4.69, 9.17) is 9.47 Å². The number of ether oxygens (including phenoxy) is 2. The van der Waals surface area contributed by atoms with Gasteiger partial charge in [0, 0.05) is 19.5 Å². The number of unbranched alkanes of at least 4 members (excludes halogenated alkanes) is 1. The summed E-state index contributed by atoms with van der Waals surface area (Å²) in [6.45, 7) is 0.816. The number of carbonyl (C=O) groups excluding carboxylic acids is 4. The molecule has 0 bridgehead atoms. The number of nitrogens with one attached hydrogen (secondary N) is 4. The Morgan fingerprint density at radius 2 is 1.71 bits per heavy atom. The first kappa shape index (κ1) is 31.3. The van der Waals surface area contributed by atoms with Gasteiger partial charge >= 0.3 is 6.09 Å². The third-order valence-corrected chi connectivity index (χ3v) is 6.27. The fraction of sp³-hybridized carbons (Fsp3) is 0.400. The van der Waals surface area contributed by atoms with Crippen LogP contribution in [-0.2, 0) is 36.9 Å². The van der Waals surface area contributed by atoms with Crippen molar-refractivity contribution in [1.29, 1.82) is 0 Å². The molecule has 1 aliphatic heterocycles. The average Bonchev–Trinajstić information content (AvgIpc) is 2.96. The summed E-state index contributed by atoms with van der Waals surface area (Å²) in [6.07, 6.45) is 4.92.